The number of carbonyl (C=O) groups excluding carboxylic acids is 1. The monoisotopic (exact) mass is 455 g/mol. The van der Waals surface area contributed by atoms with E-state index in [9.17, 15) is 26.4 Å². The first-order chi connectivity index (χ1) is 14.6. The van der Waals surface area contributed by atoms with Crippen LogP contribution in [0.1, 0.15) is 18.1 Å². The van der Waals surface area contributed by atoms with Gasteiger partial charge < -0.3 is 5.32 Å². The van der Waals surface area contributed by atoms with Crippen molar-refractivity contribution in [3.05, 3.63) is 59.7 Å². The van der Waals surface area contributed by atoms with E-state index in [4.69, 9.17) is 0 Å². The third-order valence-corrected chi connectivity index (χ3v) is 7.04. The molecule has 1 aliphatic heterocycles. The number of aryl methyl sites for hydroxylation is 1. The van der Waals surface area contributed by atoms with Crippen LogP contribution in [0.4, 0.5) is 18.9 Å². The maximum atomic E-state index is 12.9. The van der Waals surface area contributed by atoms with E-state index >= 15 is 0 Å². The fraction of sp³-hybridized carbons (Fsp3) is 0.381. The minimum Gasteiger partial charge on any atom is -0.325 e. The first-order valence-electron chi connectivity index (χ1n) is 9.88. The molecule has 0 aliphatic carbocycles. The number of carbonyl (C=O) groups is 1. The molecule has 1 fully saturated rings. The largest absolute Gasteiger partial charge is 0.416 e. The highest BCUT2D eigenvalue weighted by atomic mass is 32.2. The van der Waals surface area contributed by atoms with Gasteiger partial charge in [0.15, 0.2) is 0 Å². The summed E-state index contributed by atoms with van der Waals surface area (Å²) in [4.78, 5) is 13.7. The molecule has 6 nitrogen and oxygen atoms in total. The van der Waals surface area contributed by atoms with Gasteiger partial charge in [0, 0.05) is 31.9 Å². The zero-order valence-corrected chi connectivity index (χ0v) is 17.8. The first kappa shape index (κ1) is 23.2. The Kier molecular flexibility index (Phi) is 7.03. The van der Waals surface area contributed by atoms with Crippen molar-refractivity contribution >= 4 is 21.6 Å². The van der Waals surface area contributed by atoms with Crippen LogP contribution in [0, 0.1) is 0 Å². The smallest absolute Gasteiger partial charge is 0.325 e. The Morgan fingerprint density at radius 1 is 1.03 bits per heavy atom. The summed E-state index contributed by atoms with van der Waals surface area (Å²) in [5.41, 5.74) is 0.847. The van der Waals surface area contributed by atoms with Crippen LogP contribution in [-0.2, 0) is 27.4 Å². The molecule has 1 saturated heterocycles. The highest BCUT2D eigenvalue weighted by molar-refractivity contribution is 7.89. The zero-order chi connectivity index (χ0) is 22.6. The summed E-state index contributed by atoms with van der Waals surface area (Å²) in [6.45, 7) is 2.95. The molecule has 2 aromatic rings. The minimum absolute atomic E-state index is 0.0943. The molecule has 0 atom stereocenters. The second-order valence-corrected chi connectivity index (χ2v) is 9.24. The van der Waals surface area contributed by atoms with Crippen LogP contribution >= 0.6 is 0 Å². The number of alkyl halides is 3. The molecular formula is C21H24F3N3O3S. The predicted octanol–water partition coefficient (Wildman–Crippen LogP) is 3.21. The highest BCUT2D eigenvalue weighted by Crippen LogP contribution is 2.31. The quantitative estimate of drug-likeness (QED) is 0.726. The molecular weight excluding hydrogens is 431 g/mol. The molecule has 0 aromatic heterocycles. The number of sulfonamides is 1. The third kappa shape index (κ3) is 5.84. The number of nitrogens with zero attached hydrogens (tertiary/aromatic N) is 2. The molecule has 0 bridgehead atoms. The summed E-state index contributed by atoms with van der Waals surface area (Å²) in [7, 11) is -4.05. The average Bonchev–Trinajstić information content (AvgIpc) is 2.74. The molecule has 1 aliphatic rings. The summed E-state index contributed by atoms with van der Waals surface area (Å²) in [5, 5.41) is 2.81. The van der Waals surface area contributed by atoms with Gasteiger partial charge in [-0.15, -0.1) is 0 Å². The topological polar surface area (TPSA) is 69.7 Å². The molecule has 0 spiro atoms. The Morgan fingerprint density at radius 2 is 1.68 bits per heavy atom. The Bertz CT molecular complexity index is 1020. The fourth-order valence-corrected chi connectivity index (χ4v) is 4.81. The predicted molar refractivity (Wildman–Crippen MR) is 111 cm³/mol. The zero-order valence-electron chi connectivity index (χ0n) is 17.0. The summed E-state index contributed by atoms with van der Waals surface area (Å²) < 4.78 is 65.4. The highest BCUT2D eigenvalue weighted by Gasteiger charge is 2.34. The fourth-order valence-electron chi connectivity index (χ4n) is 3.34. The summed E-state index contributed by atoms with van der Waals surface area (Å²) >= 11 is 0. The Balaban J connectivity index is 1.56. The molecule has 168 valence electrons. The number of hydrogen-bond acceptors (Lipinski definition) is 4. The molecule has 1 amide bonds. The molecule has 3 rings (SSSR count). The first-order valence-corrected chi connectivity index (χ1v) is 11.3. The molecule has 2 aromatic carbocycles. The van der Waals surface area contributed by atoms with Gasteiger partial charge in [0.05, 0.1) is 17.0 Å². The van der Waals surface area contributed by atoms with Crippen molar-refractivity contribution in [2.75, 3.05) is 38.0 Å². The third-order valence-electron chi connectivity index (χ3n) is 5.14. The summed E-state index contributed by atoms with van der Waals surface area (Å²) in [6, 6.07) is 11.3. The second-order valence-electron chi connectivity index (χ2n) is 7.30. The summed E-state index contributed by atoms with van der Waals surface area (Å²) in [5.74, 6) is -0.210. The number of halogens is 3. The maximum Gasteiger partial charge on any atom is 0.416 e. The van der Waals surface area contributed by atoms with E-state index in [-0.39, 0.29) is 30.4 Å². The number of piperazine rings is 1. The number of rotatable bonds is 6. The van der Waals surface area contributed by atoms with Crippen LogP contribution in [-0.4, -0.2) is 56.3 Å². The van der Waals surface area contributed by atoms with Crippen LogP contribution in [0.3, 0.4) is 0 Å². The van der Waals surface area contributed by atoms with Crippen LogP contribution in [0.15, 0.2) is 53.4 Å². The van der Waals surface area contributed by atoms with Crippen LogP contribution < -0.4 is 5.32 Å². The van der Waals surface area contributed by atoms with Gasteiger partial charge in [-0.2, -0.15) is 17.5 Å². The lowest BCUT2D eigenvalue weighted by Crippen LogP contribution is -2.50. The van der Waals surface area contributed by atoms with Crippen molar-refractivity contribution in [1.29, 1.82) is 0 Å². The van der Waals surface area contributed by atoms with Crippen molar-refractivity contribution in [1.82, 2.24) is 9.21 Å². The molecule has 1 N–H and O–H groups in total. The number of nitrogens with one attached hydrogen (secondary N) is 1. The van der Waals surface area contributed by atoms with Gasteiger partial charge in [-0.05, 0) is 42.3 Å². The lowest BCUT2D eigenvalue weighted by atomic mass is 10.1. The normalized spacial score (nSPS) is 16.3. The van der Waals surface area contributed by atoms with E-state index in [0.717, 1.165) is 34.5 Å². The van der Waals surface area contributed by atoms with E-state index in [0.29, 0.717) is 24.8 Å². The minimum atomic E-state index is -4.62. The number of benzene rings is 2. The van der Waals surface area contributed by atoms with E-state index in [1.54, 1.807) is 0 Å². The van der Waals surface area contributed by atoms with Gasteiger partial charge in [-0.1, -0.05) is 25.1 Å². The van der Waals surface area contributed by atoms with Crippen molar-refractivity contribution in [2.45, 2.75) is 24.4 Å². The Labute approximate surface area is 179 Å². The average molecular weight is 456 g/mol. The number of amides is 1. The second kappa shape index (κ2) is 9.37. The van der Waals surface area contributed by atoms with Crippen LogP contribution in [0.25, 0.3) is 0 Å². The van der Waals surface area contributed by atoms with Gasteiger partial charge >= 0.3 is 6.18 Å². The molecule has 1 heterocycles. The van der Waals surface area contributed by atoms with E-state index in [1.165, 1.54) is 0 Å². The van der Waals surface area contributed by atoms with E-state index in [1.807, 2.05) is 36.1 Å². The molecule has 0 radical (unpaired) electrons. The van der Waals surface area contributed by atoms with Gasteiger partial charge in [0.1, 0.15) is 0 Å². The Morgan fingerprint density at radius 3 is 2.26 bits per heavy atom. The SMILES string of the molecule is CCc1ccc(NC(=O)CN2CCN(S(=O)(=O)c3cccc(C(F)(F)F)c3)CC2)cc1. The standard InChI is InChI=1S/C21H24F3N3O3S/c1-2-16-6-8-18(9-7-16)25-20(28)15-26-10-12-27(13-11-26)31(29,30)19-5-3-4-17(14-19)21(22,23)24/h3-9,14H,2,10-13,15H2,1H3,(H,25,28). The van der Waals surface area contributed by atoms with Gasteiger partial charge in [0.25, 0.3) is 0 Å². The van der Waals surface area contributed by atoms with Gasteiger partial charge in [0.2, 0.25) is 15.9 Å². The van der Waals surface area contributed by atoms with Crippen LogP contribution in [0.2, 0.25) is 0 Å². The van der Waals surface area contributed by atoms with E-state index in [2.05, 4.69) is 5.32 Å². The molecule has 0 saturated carbocycles. The maximum absolute atomic E-state index is 12.9. The lowest BCUT2D eigenvalue weighted by Gasteiger charge is -2.33. The van der Waals surface area contributed by atoms with Crippen LogP contribution in [0.5, 0.6) is 0 Å². The molecule has 0 unspecified atom stereocenters. The van der Waals surface area contributed by atoms with Crippen molar-refractivity contribution < 1.29 is 26.4 Å². The van der Waals surface area contributed by atoms with Crippen molar-refractivity contribution in [3.63, 3.8) is 0 Å². The lowest BCUT2D eigenvalue weighted by molar-refractivity contribution is -0.137. The summed E-state index contributed by atoms with van der Waals surface area (Å²) in [6.07, 6.45) is -3.71. The molecule has 10 heteroatoms. The number of anilines is 1. The van der Waals surface area contributed by atoms with Gasteiger partial charge in [-0.25, -0.2) is 8.42 Å². The van der Waals surface area contributed by atoms with Crippen molar-refractivity contribution in [3.8, 4) is 0 Å². The van der Waals surface area contributed by atoms with Crippen molar-refractivity contribution in [2.24, 2.45) is 0 Å². The number of hydrogen-bond donors (Lipinski definition) is 1. The molecule has 31 heavy (non-hydrogen) atoms. The Hall–Kier alpha value is -2.43. The van der Waals surface area contributed by atoms with Gasteiger partial charge in [-0.3, -0.25) is 9.69 Å². The van der Waals surface area contributed by atoms with E-state index < -0.39 is 21.8 Å².